The van der Waals surface area contributed by atoms with Crippen molar-refractivity contribution < 1.29 is 22.8 Å². The van der Waals surface area contributed by atoms with Gasteiger partial charge >= 0.3 is 18.1 Å². The van der Waals surface area contributed by atoms with Gasteiger partial charge in [-0.3, -0.25) is 4.79 Å². The molecule has 172 valence electrons. The van der Waals surface area contributed by atoms with E-state index in [0.717, 1.165) is 4.90 Å². The Balaban J connectivity index is 1.57. The molecule has 12 heteroatoms. The van der Waals surface area contributed by atoms with Crippen molar-refractivity contribution in [2.45, 2.75) is 44.9 Å². The average molecular weight is 463 g/mol. The molecule has 2 aliphatic rings. The fourth-order valence-corrected chi connectivity index (χ4v) is 4.15. The Labute approximate surface area is 183 Å². The zero-order valence-electron chi connectivity index (χ0n) is 17.4. The molecule has 3 rings (SSSR count). The maximum absolute atomic E-state index is 12.9. The second-order valence-corrected chi connectivity index (χ2v) is 8.49. The van der Waals surface area contributed by atoms with Crippen LogP contribution in [0.25, 0.3) is 0 Å². The van der Waals surface area contributed by atoms with Crippen LogP contribution < -0.4 is 10.2 Å². The summed E-state index contributed by atoms with van der Waals surface area (Å²) in [7, 11) is 0. The number of piperidine rings is 1. The minimum atomic E-state index is -4.87. The van der Waals surface area contributed by atoms with Gasteiger partial charge < -0.3 is 20.0 Å². The molecule has 31 heavy (non-hydrogen) atoms. The molecule has 0 aliphatic carbocycles. The Morgan fingerprint density at radius 2 is 1.87 bits per heavy atom. The lowest BCUT2D eigenvalue weighted by atomic mass is 9.99. The van der Waals surface area contributed by atoms with Gasteiger partial charge in [0.25, 0.3) is 0 Å². The molecule has 0 bridgehead atoms. The van der Waals surface area contributed by atoms with Gasteiger partial charge in [0.2, 0.25) is 5.28 Å². The SMILES string of the molecule is CC(C)C1CN(c2ccnc(Cl)n2)CCN1C(=O)NC1CCN(C(=O)C(F)(F)F)CC1. The molecule has 1 atom stereocenters. The number of carbonyl (C=O) groups is 2. The number of urea groups is 1. The van der Waals surface area contributed by atoms with Crippen LogP contribution in [0.1, 0.15) is 26.7 Å². The highest BCUT2D eigenvalue weighted by molar-refractivity contribution is 6.28. The third-order valence-electron chi connectivity index (χ3n) is 5.74. The van der Waals surface area contributed by atoms with Crippen LogP contribution in [-0.4, -0.2) is 82.7 Å². The van der Waals surface area contributed by atoms with Crippen molar-refractivity contribution in [2.24, 2.45) is 5.92 Å². The summed E-state index contributed by atoms with van der Waals surface area (Å²) in [5, 5.41) is 3.10. The molecule has 0 radical (unpaired) electrons. The van der Waals surface area contributed by atoms with E-state index in [0.29, 0.717) is 38.3 Å². The zero-order chi connectivity index (χ0) is 22.8. The van der Waals surface area contributed by atoms with Crippen molar-refractivity contribution in [1.82, 2.24) is 25.1 Å². The first-order valence-corrected chi connectivity index (χ1v) is 10.6. The molecule has 2 aliphatic heterocycles. The molecule has 2 saturated heterocycles. The van der Waals surface area contributed by atoms with E-state index in [4.69, 9.17) is 11.6 Å². The number of piperazine rings is 1. The number of anilines is 1. The van der Waals surface area contributed by atoms with Gasteiger partial charge in [0, 0.05) is 45.0 Å². The summed E-state index contributed by atoms with van der Waals surface area (Å²) in [5.41, 5.74) is 0. The lowest BCUT2D eigenvalue weighted by Crippen LogP contribution is -2.61. The van der Waals surface area contributed by atoms with Crippen LogP contribution >= 0.6 is 11.6 Å². The van der Waals surface area contributed by atoms with Crippen LogP contribution in [0.4, 0.5) is 23.8 Å². The van der Waals surface area contributed by atoms with Gasteiger partial charge in [-0.15, -0.1) is 0 Å². The van der Waals surface area contributed by atoms with Crippen molar-refractivity contribution in [2.75, 3.05) is 37.6 Å². The van der Waals surface area contributed by atoms with Crippen LogP contribution in [-0.2, 0) is 4.79 Å². The highest BCUT2D eigenvalue weighted by atomic mass is 35.5. The molecule has 1 aromatic heterocycles. The number of hydrogen-bond donors (Lipinski definition) is 1. The van der Waals surface area contributed by atoms with E-state index in [2.05, 4.69) is 20.2 Å². The largest absolute Gasteiger partial charge is 0.471 e. The van der Waals surface area contributed by atoms with E-state index in [-0.39, 0.29) is 42.4 Å². The van der Waals surface area contributed by atoms with Crippen LogP contribution in [0.5, 0.6) is 0 Å². The zero-order valence-corrected chi connectivity index (χ0v) is 18.2. The first-order chi connectivity index (χ1) is 14.6. The monoisotopic (exact) mass is 462 g/mol. The first kappa shape index (κ1) is 23.4. The number of rotatable bonds is 3. The maximum atomic E-state index is 12.9. The van der Waals surface area contributed by atoms with Gasteiger partial charge in [-0.1, -0.05) is 13.8 Å². The Hall–Kier alpha value is -2.30. The Bertz CT molecular complexity index is 801. The minimum absolute atomic E-state index is 0.0286. The molecular formula is C19H26ClF3N6O2. The topological polar surface area (TPSA) is 81.7 Å². The number of amides is 3. The highest BCUT2D eigenvalue weighted by Crippen LogP contribution is 2.24. The second kappa shape index (κ2) is 9.46. The summed E-state index contributed by atoms with van der Waals surface area (Å²) in [6, 6.07) is 1.19. The minimum Gasteiger partial charge on any atom is -0.353 e. The molecule has 0 aromatic carbocycles. The molecule has 3 amide bonds. The number of carbonyl (C=O) groups excluding carboxylic acids is 2. The van der Waals surface area contributed by atoms with Gasteiger partial charge in [-0.25, -0.2) is 14.8 Å². The van der Waals surface area contributed by atoms with Gasteiger partial charge in [0.1, 0.15) is 5.82 Å². The van der Waals surface area contributed by atoms with Crippen molar-refractivity contribution in [3.05, 3.63) is 17.5 Å². The molecule has 2 fully saturated rings. The fraction of sp³-hybridized carbons (Fsp3) is 0.684. The smallest absolute Gasteiger partial charge is 0.353 e. The lowest BCUT2D eigenvalue weighted by molar-refractivity contribution is -0.186. The predicted molar refractivity (Wildman–Crippen MR) is 109 cm³/mol. The number of nitrogens with one attached hydrogen (secondary N) is 1. The van der Waals surface area contributed by atoms with Gasteiger partial charge in [-0.2, -0.15) is 13.2 Å². The number of nitrogens with zero attached hydrogens (tertiary/aromatic N) is 5. The Morgan fingerprint density at radius 3 is 2.45 bits per heavy atom. The molecule has 3 heterocycles. The lowest BCUT2D eigenvalue weighted by Gasteiger charge is -2.44. The van der Waals surface area contributed by atoms with E-state index in [1.165, 1.54) is 0 Å². The molecule has 1 N–H and O–H groups in total. The highest BCUT2D eigenvalue weighted by Gasteiger charge is 2.43. The summed E-state index contributed by atoms with van der Waals surface area (Å²) in [5.74, 6) is -0.942. The van der Waals surface area contributed by atoms with Gasteiger partial charge in [0.05, 0.1) is 6.04 Å². The number of alkyl halides is 3. The van der Waals surface area contributed by atoms with Gasteiger partial charge in [0.15, 0.2) is 0 Å². The van der Waals surface area contributed by atoms with Crippen LogP contribution in [0, 0.1) is 5.92 Å². The first-order valence-electron chi connectivity index (χ1n) is 10.2. The van der Waals surface area contributed by atoms with Crippen LogP contribution in [0.3, 0.4) is 0 Å². The van der Waals surface area contributed by atoms with E-state index in [1.54, 1.807) is 17.2 Å². The fourth-order valence-electron chi connectivity index (χ4n) is 4.01. The Kier molecular flexibility index (Phi) is 7.13. The summed E-state index contributed by atoms with van der Waals surface area (Å²) >= 11 is 5.89. The quantitative estimate of drug-likeness (QED) is 0.698. The van der Waals surface area contributed by atoms with E-state index >= 15 is 0 Å². The molecule has 0 spiro atoms. The van der Waals surface area contributed by atoms with Gasteiger partial charge in [-0.05, 0) is 36.4 Å². The third-order valence-corrected chi connectivity index (χ3v) is 5.92. The van der Waals surface area contributed by atoms with E-state index in [9.17, 15) is 22.8 Å². The molecule has 1 aromatic rings. The standard InChI is InChI=1S/C19H26ClF3N6O2/c1-12(2)14-11-28(15-3-6-24-17(20)26-15)9-10-29(14)18(31)25-13-4-7-27(8-5-13)16(30)19(21,22)23/h3,6,12-14H,4-5,7-11H2,1-2H3,(H,25,31). The summed E-state index contributed by atoms with van der Waals surface area (Å²) in [6.07, 6.45) is -2.70. The average Bonchev–Trinajstić information content (AvgIpc) is 2.72. The number of likely N-dealkylation sites (tertiary alicyclic amines) is 1. The normalized spacial score (nSPS) is 20.9. The van der Waals surface area contributed by atoms with Crippen LogP contribution in [0.2, 0.25) is 5.28 Å². The Morgan fingerprint density at radius 1 is 1.19 bits per heavy atom. The molecule has 0 saturated carbocycles. The van der Waals surface area contributed by atoms with E-state index in [1.807, 2.05) is 13.8 Å². The predicted octanol–water partition coefficient (Wildman–Crippen LogP) is 2.54. The van der Waals surface area contributed by atoms with Crippen molar-refractivity contribution in [3.8, 4) is 0 Å². The van der Waals surface area contributed by atoms with Crippen LogP contribution in [0.15, 0.2) is 12.3 Å². The van der Waals surface area contributed by atoms with Crippen molar-refractivity contribution in [3.63, 3.8) is 0 Å². The second-order valence-electron chi connectivity index (χ2n) is 8.15. The molecule has 1 unspecified atom stereocenters. The molecular weight excluding hydrogens is 437 g/mol. The summed E-state index contributed by atoms with van der Waals surface area (Å²) in [6.45, 7) is 5.63. The van der Waals surface area contributed by atoms with Crippen molar-refractivity contribution in [1.29, 1.82) is 0 Å². The number of hydrogen-bond acceptors (Lipinski definition) is 5. The van der Waals surface area contributed by atoms with E-state index < -0.39 is 12.1 Å². The number of halogens is 4. The summed E-state index contributed by atoms with van der Waals surface area (Å²) in [4.78, 5) is 37.1. The number of aromatic nitrogens is 2. The third kappa shape index (κ3) is 5.69. The summed E-state index contributed by atoms with van der Waals surface area (Å²) < 4.78 is 37.8. The molecule has 8 nitrogen and oxygen atoms in total. The maximum Gasteiger partial charge on any atom is 0.471 e. The van der Waals surface area contributed by atoms with Crippen molar-refractivity contribution >= 4 is 29.4 Å².